The van der Waals surface area contributed by atoms with E-state index in [2.05, 4.69) is 29.6 Å². The first kappa shape index (κ1) is 21.6. The lowest BCUT2D eigenvalue weighted by atomic mass is 9.98. The number of alkyl carbamates (subject to hydrolysis) is 1. The van der Waals surface area contributed by atoms with Crippen LogP contribution in [-0.2, 0) is 4.74 Å². The molecule has 0 aromatic heterocycles. The Hall–Kier alpha value is -3.66. The second-order valence-electron chi connectivity index (χ2n) is 8.25. The van der Waals surface area contributed by atoms with Crippen molar-refractivity contribution in [1.29, 1.82) is 0 Å². The van der Waals surface area contributed by atoms with Gasteiger partial charge in [-0.3, -0.25) is 4.79 Å². The highest BCUT2D eigenvalue weighted by Crippen LogP contribution is 2.44. The summed E-state index contributed by atoms with van der Waals surface area (Å²) in [5.41, 5.74) is 6.50. The van der Waals surface area contributed by atoms with Gasteiger partial charge in [-0.15, -0.1) is 0 Å². The fourth-order valence-corrected chi connectivity index (χ4v) is 4.08. The first-order valence-corrected chi connectivity index (χ1v) is 10.9. The van der Waals surface area contributed by atoms with Crippen LogP contribution in [0, 0.1) is 5.92 Å². The van der Waals surface area contributed by atoms with Crippen LogP contribution in [0.4, 0.5) is 4.79 Å². The summed E-state index contributed by atoms with van der Waals surface area (Å²) >= 11 is 0. The SMILES string of the molecule is CC(C)C(=O)c1ccc(C=CCNC(=O)OCC2c3ccccc3-c3ccccc32)cc1. The predicted octanol–water partition coefficient (Wildman–Crippen LogP) is 6.08. The molecule has 1 N–H and O–H groups in total. The van der Waals surface area contributed by atoms with Crippen LogP contribution < -0.4 is 5.32 Å². The lowest BCUT2D eigenvalue weighted by molar-refractivity contribution is 0.0939. The van der Waals surface area contributed by atoms with Crippen LogP contribution in [0.3, 0.4) is 0 Å². The van der Waals surface area contributed by atoms with Gasteiger partial charge in [0.1, 0.15) is 6.61 Å². The summed E-state index contributed by atoms with van der Waals surface area (Å²) in [6, 6.07) is 24.0. The van der Waals surface area contributed by atoms with Crippen LogP contribution in [-0.4, -0.2) is 25.0 Å². The fourth-order valence-electron chi connectivity index (χ4n) is 4.08. The van der Waals surface area contributed by atoms with E-state index in [1.54, 1.807) is 0 Å². The van der Waals surface area contributed by atoms with E-state index in [0.29, 0.717) is 18.7 Å². The Labute approximate surface area is 188 Å². The summed E-state index contributed by atoms with van der Waals surface area (Å²) in [5, 5.41) is 2.77. The average Bonchev–Trinajstić information content (AvgIpc) is 3.14. The minimum absolute atomic E-state index is 0.0159. The average molecular weight is 426 g/mol. The maximum atomic E-state index is 12.2. The minimum atomic E-state index is -0.436. The van der Waals surface area contributed by atoms with Gasteiger partial charge in [-0.25, -0.2) is 4.79 Å². The predicted molar refractivity (Wildman–Crippen MR) is 128 cm³/mol. The molecule has 0 unspecified atom stereocenters. The van der Waals surface area contributed by atoms with Gasteiger partial charge in [0.05, 0.1) is 0 Å². The Morgan fingerprint density at radius 3 is 2.09 bits per heavy atom. The van der Waals surface area contributed by atoms with E-state index in [9.17, 15) is 9.59 Å². The van der Waals surface area contributed by atoms with Crippen molar-refractivity contribution in [3.05, 3.63) is 101 Å². The number of benzene rings is 3. The monoisotopic (exact) mass is 425 g/mol. The molecule has 1 amide bonds. The van der Waals surface area contributed by atoms with Gasteiger partial charge in [0.25, 0.3) is 0 Å². The van der Waals surface area contributed by atoms with E-state index in [1.807, 2.05) is 74.5 Å². The normalized spacial score (nSPS) is 12.6. The molecule has 0 fully saturated rings. The standard InChI is InChI=1S/C28H27NO3/c1-19(2)27(30)21-15-13-20(14-16-21)8-7-17-29-28(31)32-18-26-24-11-5-3-9-22(24)23-10-4-6-12-25(23)26/h3-16,19,26H,17-18H2,1-2H3,(H,29,31). The summed E-state index contributed by atoms with van der Waals surface area (Å²) in [5.74, 6) is 0.172. The summed E-state index contributed by atoms with van der Waals surface area (Å²) in [7, 11) is 0. The van der Waals surface area contributed by atoms with E-state index >= 15 is 0 Å². The third-order valence-corrected chi connectivity index (χ3v) is 5.74. The number of nitrogens with one attached hydrogen (secondary N) is 1. The number of rotatable bonds is 7. The Kier molecular flexibility index (Phi) is 6.50. The molecule has 0 atom stereocenters. The molecule has 0 spiro atoms. The molecule has 0 heterocycles. The quantitative estimate of drug-likeness (QED) is 0.467. The Balaban J connectivity index is 1.29. The van der Waals surface area contributed by atoms with Crippen molar-refractivity contribution in [2.75, 3.05) is 13.2 Å². The molecule has 0 saturated heterocycles. The topological polar surface area (TPSA) is 55.4 Å². The maximum absolute atomic E-state index is 12.2. The number of amides is 1. The van der Waals surface area contributed by atoms with Crippen molar-refractivity contribution in [2.45, 2.75) is 19.8 Å². The summed E-state index contributed by atoms with van der Waals surface area (Å²) in [6.07, 6.45) is 3.34. The van der Waals surface area contributed by atoms with Crippen LogP contribution >= 0.6 is 0 Å². The zero-order valence-electron chi connectivity index (χ0n) is 18.4. The molecule has 0 radical (unpaired) electrons. The number of ether oxygens (including phenoxy) is 1. The van der Waals surface area contributed by atoms with Gasteiger partial charge >= 0.3 is 6.09 Å². The number of carbonyl (C=O) groups is 2. The van der Waals surface area contributed by atoms with Crippen LogP contribution in [0.1, 0.15) is 46.8 Å². The Morgan fingerprint density at radius 2 is 1.50 bits per heavy atom. The van der Waals surface area contributed by atoms with Gasteiger partial charge in [0.15, 0.2) is 5.78 Å². The smallest absolute Gasteiger partial charge is 0.407 e. The number of carbonyl (C=O) groups excluding carboxylic acids is 2. The fraction of sp³-hybridized carbons (Fsp3) is 0.214. The molecule has 0 saturated carbocycles. The van der Waals surface area contributed by atoms with Gasteiger partial charge in [0.2, 0.25) is 0 Å². The number of fused-ring (bicyclic) bond motifs is 3. The first-order valence-electron chi connectivity index (χ1n) is 10.9. The molecular weight excluding hydrogens is 398 g/mol. The summed E-state index contributed by atoms with van der Waals surface area (Å²) in [4.78, 5) is 24.2. The lowest BCUT2D eigenvalue weighted by Crippen LogP contribution is -2.26. The van der Waals surface area contributed by atoms with Crippen molar-refractivity contribution in [3.8, 4) is 11.1 Å². The zero-order valence-corrected chi connectivity index (χ0v) is 18.4. The van der Waals surface area contributed by atoms with Gasteiger partial charge in [-0.2, -0.15) is 0 Å². The molecule has 3 aromatic carbocycles. The number of hydrogen-bond donors (Lipinski definition) is 1. The molecule has 4 nitrogen and oxygen atoms in total. The van der Waals surface area contributed by atoms with Crippen molar-refractivity contribution >= 4 is 18.0 Å². The van der Waals surface area contributed by atoms with Crippen LogP contribution in [0.2, 0.25) is 0 Å². The van der Waals surface area contributed by atoms with Crippen molar-refractivity contribution < 1.29 is 14.3 Å². The zero-order chi connectivity index (χ0) is 22.5. The van der Waals surface area contributed by atoms with Crippen LogP contribution in [0.5, 0.6) is 0 Å². The first-order chi connectivity index (χ1) is 15.5. The van der Waals surface area contributed by atoms with Gasteiger partial charge < -0.3 is 10.1 Å². The Bertz CT molecular complexity index is 1100. The van der Waals surface area contributed by atoms with Crippen LogP contribution in [0.25, 0.3) is 17.2 Å². The van der Waals surface area contributed by atoms with Gasteiger partial charge in [-0.05, 0) is 27.8 Å². The lowest BCUT2D eigenvalue weighted by Gasteiger charge is -2.14. The Morgan fingerprint density at radius 1 is 0.906 bits per heavy atom. The van der Waals surface area contributed by atoms with E-state index in [0.717, 1.165) is 5.56 Å². The summed E-state index contributed by atoms with van der Waals surface area (Å²) in [6.45, 7) is 4.45. The molecule has 1 aliphatic rings. The highest BCUT2D eigenvalue weighted by molar-refractivity contribution is 5.97. The summed E-state index contributed by atoms with van der Waals surface area (Å²) < 4.78 is 5.53. The van der Waals surface area contributed by atoms with E-state index in [-0.39, 0.29) is 17.6 Å². The third-order valence-electron chi connectivity index (χ3n) is 5.74. The molecule has 3 aromatic rings. The van der Waals surface area contributed by atoms with Crippen molar-refractivity contribution in [3.63, 3.8) is 0 Å². The molecule has 4 heteroatoms. The second kappa shape index (κ2) is 9.65. The van der Waals surface area contributed by atoms with Crippen LogP contribution in [0.15, 0.2) is 78.9 Å². The minimum Gasteiger partial charge on any atom is -0.449 e. The van der Waals surface area contributed by atoms with E-state index < -0.39 is 6.09 Å². The number of Topliss-reactive ketones (excluding diaryl/α,β-unsaturated/α-hetero) is 1. The maximum Gasteiger partial charge on any atom is 0.407 e. The molecule has 162 valence electrons. The largest absolute Gasteiger partial charge is 0.449 e. The molecule has 0 bridgehead atoms. The van der Waals surface area contributed by atoms with E-state index in [4.69, 9.17) is 4.74 Å². The molecule has 0 aliphatic heterocycles. The molecule has 4 rings (SSSR count). The number of ketones is 1. The van der Waals surface area contributed by atoms with Gasteiger partial charge in [0, 0.05) is 23.9 Å². The van der Waals surface area contributed by atoms with Crippen molar-refractivity contribution in [1.82, 2.24) is 5.32 Å². The molecule has 32 heavy (non-hydrogen) atoms. The number of hydrogen-bond acceptors (Lipinski definition) is 3. The van der Waals surface area contributed by atoms with Gasteiger partial charge in [-0.1, -0.05) is 98.8 Å². The van der Waals surface area contributed by atoms with E-state index in [1.165, 1.54) is 22.3 Å². The highest BCUT2D eigenvalue weighted by Gasteiger charge is 2.28. The second-order valence-corrected chi connectivity index (χ2v) is 8.25. The third kappa shape index (κ3) is 4.65. The molecule has 1 aliphatic carbocycles. The highest BCUT2D eigenvalue weighted by atomic mass is 16.5. The van der Waals surface area contributed by atoms with Crippen molar-refractivity contribution in [2.24, 2.45) is 5.92 Å². The molecular formula is C28H27NO3.